The van der Waals surface area contributed by atoms with Crippen LogP contribution in [0.15, 0.2) is 12.4 Å². The monoisotopic (exact) mass is 268 g/mol. The number of aromatic nitrogens is 2. The molecule has 1 aromatic rings. The Morgan fingerprint density at radius 3 is 2.06 bits per heavy atom. The molecule has 0 aliphatic heterocycles. The van der Waals surface area contributed by atoms with Crippen molar-refractivity contribution in [1.29, 1.82) is 0 Å². The number of hydrogen-bond donors (Lipinski definition) is 3. The highest BCUT2D eigenvalue weighted by Gasteiger charge is 2.18. The minimum Gasteiger partial charge on any atom is -0.388 e. The summed E-state index contributed by atoms with van der Waals surface area (Å²) >= 11 is 4.81. The Labute approximate surface area is 108 Å². The third-order valence-electron chi connectivity index (χ3n) is 1.91. The maximum atomic E-state index is 11.0. The number of thiocarbonyl (C=S) groups is 1. The minimum absolute atomic E-state index is 0.00274. The predicted octanol–water partition coefficient (Wildman–Crippen LogP) is -2.11. The quantitative estimate of drug-likeness (QED) is 0.501. The Kier molecular flexibility index (Phi) is 4.49. The molecule has 0 atom stereocenters. The molecule has 0 aliphatic carbocycles. The molecule has 0 unspecified atom stereocenters. The van der Waals surface area contributed by atoms with Crippen LogP contribution in [-0.2, 0) is 9.59 Å². The summed E-state index contributed by atoms with van der Waals surface area (Å²) in [5, 5.41) is 0. The zero-order valence-electron chi connectivity index (χ0n) is 9.37. The zero-order valence-corrected chi connectivity index (χ0v) is 10.2. The molecule has 1 aromatic heterocycles. The molecule has 0 bridgehead atoms. The van der Waals surface area contributed by atoms with E-state index in [-0.39, 0.29) is 29.6 Å². The lowest BCUT2D eigenvalue weighted by Crippen LogP contribution is -2.41. The molecule has 9 heteroatoms. The van der Waals surface area contributed by atoms with Crippen LogP contribution in [0.2, 0.25) is 0 Å². The summed E-state index contributed by atoms with van der Waals surface area (Å²) in [7, 11) is 0. The van der Waals surface area contributed by atoms with Crippen molar-refractivity contribution < 1.29 is 9.59 Å². The van der Waals surface area contributed by atoms with Crippen molar-refractivity contribution in [2.24, 2.45) is 17.2 Å². The molecular formula is C9H12N6O2S. The first kappa shape index (κ1) is 13.8. The number of primary amides is 2. The molecule has 18 heavy (non-hydrogen) atoms. The molecular weight excluding hydrogens is 256 g/mol. The highest BCUT2D eigenvalue weighted by atomic mass is 32.1. The molecule has 0 spiro atoms. The Morgan fingerprint density at radius 2 is 1.61 bits per heavy atom. The topological polar surface area (TPSA) is 141 Å². The number of carbonyl (C=O) groups is 2. The Morgan fingerprint density at radius 1 is 1.11 bits per heavy atom. The zero-order chi connectivity index (χ0) is 13.7. The molecule has 0 radical (unpaired) electrons. The van der Waals surface area contributed by atoms with Crippen LogP contribution in [0.1, 0.15) is 5.69 Å². The highest BCUT2D eigenvalue weighted by molar-refractivity contribution is 7.80. The van der Waals surface area contributed by atoms with Crippen molar-refractivity contribution in [1.82, 2.24) is 9.97 Å². The Bertz CT molecular complexity index is 476. The molecule has 8 nitrogen and oxygen atoms in total. The van der Waals surface area contributed by atoms with Crippen LogP contribution in [0, 0.1) is 0 Å². The fourth-order valence-electron chi connectivity index (χ4n) is 1.32. The SMILES string of the molecule is NC(=O)CN(CC(N)=O)c1nccnc1C(N)=S. The summed E-state index contributed by atoms with van der Waals surface area (Å²) in [6.07, 6.45) is 2.77. The molecule has 1 rings (SSSR count). The van der Waals surface area contributed by atoms with Gasteiger partial charge < -0.3 is 22.1 Å². The van der Waals surface area contributed by atoms with E-state index in [2.05, 4.69) is 9.97 Å². The second-order valence-electron chi connectivity index (χ2n) is 3.38. The summed E-state index contributed by atoms with van der Waals surface area (Å²) < 4.78 is 0. The van der Waals surface area contributed by atoms with Gasteiger partial charge in [-0.25, -0.2) is 9.97 Å². The first-order valence-electron chi connectivity index (χ1n) is 4.84. The minimum atomic E-state index is -0.643. The second kappa shape index (κ2) is 5.87. The molecule has 0 fully saturated rings. The van der Waals surface area contributed by atoms with Crippen molar-refractivity contribution >= 4 is 34.8 Å². The van der Waals surface area contributed by atoms with Crippen molar-refractivity contribution in [3.05, 3.63) is 18.1 Å². The molecule has 0 saturated carbocycles. The van der Waals surface area contributed by atoms with Gasteiger partial charge in [0.1, 0.15) is 10.7 Å². The van der Waals surface area contributed by atoms with Crippen LogP contribution in [0.4, 0.5) is 5.82 Å². The summed E-state index contributed by atoms with van der Waals surface area (Å²) in [4.78, 5) is 31.1. The fourth-order valence-corrected chi connectivity index (χ4v) is 1.46. The maximum Gasteiger partial charge on any atom is 0.237 e. The number of rotatable bonds is 6. The van der Waals surface area contributed by atoms with Gasteiger partial charge in [-0.05, 0) is 0 Å². The van der Waals surface area contributed by atoms with E-state index in [1.54, 1.807) is 0 Å². The second-order valence-corrected chi connectivity index (χ2v) is 3.82. The fraction of sp³-hybridized carbons (Fsp3) is 0.222. The summed E-state index contributed by atoms with van der Waals surface area (Å²) in [6, 6.07) is 0. The van der Waals surface area contributed by atoms with Gasteiger partial charge in [0.2, 0.25) is 11.8 Å². The van der Waals surface area contributed by atoms with E-state index in [9.17, 15) is 9.59 Å². The van der Waals surface area contributed by atoms with Gasteiger partial charge >= 0.3 is 0 Å². The summed E-state index contributed by atoms with van der Waals surface area (Å²) in [6.45, 7) is -0.478. The molecule has 6 N–H and O–H groups in total. The van der Waals surface area contributed by atoms with Gasteiger partial charge in [-0.1, -0.05) is 12.2 Å². The predicted molar refractivity (Wildman–Crippen MR) is 68.5 cm³/mol. The van der Waals surface area contributed by atoms with Crippen LogP contribution >= 0.6 is 12.2 Å². The van der Waals surface area contributed by atoms with E-state index in [1.807, 2.05) is 0 Å². The maximum absolute atomic E-state index is 11.0. The van der Waals surface area contributed by atoms with E-state index < -0.39 is 11.8 Å². The van der Waals surface area contributed by atoms with Gasteiger partial charge in [-0.2, -0.15) is 0 Å². The van der Waals surface area contributed by atoms with E-state index in [1.165, 1.54) is 17.3 Å². The number of anilines is 1. The van der Waals surface area contributed by atoms with Crippen LogP contribution in [0.3, 0.4) is 0 Å². The number of nitrogens with two attached hydrogens (primary N) is 3. The molecule has 1 heterocycles. The van der Waals surface area contributed by atoms with Gasteiger partial charge in [0, 0.05) is 12.4 Å². The lowest BCUT2D eigenvalue weighted by molar-refractivity contribution is -0.117. The smallest absolute Gasteiger partial charge is 0.237 e. The molecule has 2 amide bonds. The average molecular weight is 268 g/mol. The van der Waals surface area contributed by atoms with E-state index >= 15 is 0 Å². The largest absolute Gasteiger partial charge is 0.388 e. The summed E-state index contributed by atoms with van der Waals surface area (Å²) in [5.74, 6) is -1.09. The van der Waals surface area contributed by atoms with Crippen LogP contribution < -0.4 is 22.1 Å². The van der Waals surface area contributed by atoms with E-state index in [0.29, 0.717) is 0 Å². The van der Waals surface area contributed by atoms with E-state index in [0.717, 1.165) is 0 Å². The van der Waals surface area contributed by atoms with Crippen molar-refractivity contribution in [3.8, 4) is 0 Å². The average Bonchev–Trinajstić information content (AvgIpc) is 2.26. The Balaban J connectivity index is 3.15. The van der Waals surface area contributed by atoms with Crippen molar-refractivity contribution in [2.45, 2.75) is 0 Å². The number of carbonyl (C=O) groups excluding carboxylic acids is 2. The van der Waals surface area contributed by atoms with Gasteiger partial charge in [0.15, 0.2) is 5.82 Å². The van der Waals surface area contributed by atoms with Crippen molar-refractivity contribution in [3.63, 3.8) is 0 Å². The van der Waals surface area contributed by atoms with Gasteiger partial charge in [0.05, 0.1) is 13.1 Å². The third kappa shape index (κ3) is 3.63. The van der Waals surface area contributed by atoms with Crippen LogP contribution in [0.5, 0.6) is 0 Å². The molecule has 96 valence electrons. The van der Waals surface area contributed by atoms with Gasteiger partial charge in [-0.15, -0.1) is 0 Å². The lowest BCUT2D eigenvalue weighted by Gasteiger charge is -2.21. The van der Waals surface area contributed by atoms with Crippen LogP contribution in [0.25, 0.3) is 0 Å². The van der Waals surface area contributed by atoms with Gasteiger partial charge in [0.25, 0.3) is 0 Å². The third-order valence-corrected chi connectivity index (χ3v) is 2.10. The van der Waals surface area contributed by atoms with Crippen molar-refractivity contribution in [2.75, 3.05) is 18.0 Å². The molecule has 0 saturated heterocycles. The summed E-state index contributed by atoms with van der Waals surface area (Å²) in [5.41, 5.74) is 15.9. The lowest BCUT2D eigenvalue weighted by atomic mass is 10.3. The highest BCUT2D eigenvalue weighted by Crippen LogP contribution is 2.14. The van der Waals surface area contributed by atoms with Crippen LogP contribution in [-0.4, -0.2) is 39.9 Å². The molecule has 0 aromatic carbocycles. The first-order valence-corrected chi connectivity index (χ1v) is 5.25. The normalized spacial score (nSPS) is 9.78. The standard InChI is InChI=1S/C9H12N6O2S/c10-5(16)3-15(4-6(11)17)9-7(8(12)18)13-1-2-14-9/h1-2H,3-4H2,(H2,10,16)(H2,11,17)(H2,12,18). The van der Waals surface area contributed by atoms with Gasteiger partial charge in [-0.3, -0.25) is 9.59 Å². The number of amides is 2. The first-order chi connectivity index (χ1) is 8.41. The molecule has 0 aliphatic rings. The number of nitrogens with zero attached hydrogens (tertiary/aromatic N) is 3. The Hall–Kier alpha value is -2.29. The van der Waals surface area contributed by atoms with E-state index in [4.69, 9.17) is 29.4 Å². The number of hydrogen-bond acceptors (Lipinski definition) is 6.